The minimum Gasteiger partial charge on any atom is -0.347 e. The molecule has 96 valence electrons. The minimum atomic E-state index is 0.0992. The molecule has 1 aromatic carbocycles. The van der Waals surface area contributed by atoms with Crippen LogP contribution >= 0.6 is 0 Å². The second-order valence-electron chi connectivity index (χ2n) is 4.85. The Labute approximate surface area is 107 Å². The van der Waals surface area contributed by atoms with E-state index in [1.165, 1.54) is 0 Å². The smallest absolute Gasteiger partial charge is 0.189 e. The monoisotopic (exact) mass is 244 g/mol. The van der Waals surface area contributed by atoms with Gasteiger partial charge in [0, 0.05) is 30.2 Å². The molecule has 0 aliphatic heterocycles. The summed E-state index contributed by atoms with van der Waals surface area (Å²) in [7, 11) is 0. The van der Waals surface area contributed by atoms with Gasteiger partial charge in [-0.25, -0.2) is 0 Å². The third-order valence-corrected chi connectivity index (χ3v) is 3.01. The van der Waals surface area contributed by atoms with Gasteiger partial charge in [0.25, 0.3) is 0 Å². The largest absolute Gasteiger partial charge is 0.347 e. The fourth-order valence-corrected chi connectivity index (χ4v) is 2.10. The van der Waals surface area contributed by atoms with Gasteiger partial charge in [-0.3, -0.25) is 4.79 Å². The molecule has 0 atom stereocenters. The Morgan fingerprint density at radius 1 is 1.22 bits per heavy atom. The summed E-state index contributed by atoms with van der Waals surface area (Å²) in [6.07, 6.45) is 2.95. The van der Waals surface area contributed by atoms with Crippen LogP contribution in [0.4, 0.5) is 0 Å². The zero-order valence-electron chi connectivity index (χ0n) is 11.0. The molecule has 2 rings (SSSR count). The summed E-state index contributed by atoms with van der Waals surface area (Å²) >= 11 is 0. The summed E-state index contributed by atoms with van der Waals surface area (Å²) in [5, 5.41) is 4.20. The van der Waals surface area contributed by atoms with Crippen molar-refractivity contribution < 1.29 is 0 Å². The number of pyridine rings is 1. The highest BCUT2D eigenvalue weighted by molar-refractivity contribution is 5.78. The van der Waals surface area contributed by atoms with Gasteiger partial charge in [-0.15, -0.1) is 0 Å². The van der Waals surface area contributed by atoms with Crippen molar-refractivity contribution in [1.29, 1.82) is 0 Å². The fourth-order valence-electron chi connectivity index (χ4n) is 2.10. The molecule has 2 aromatic rings. The van der Waals surface area contributed by atoms with Gasteiger partial charge in [-0.2, -0.15) is 0 Å². The normalized spacial score (nSPS) is 11.3. The third-order valence-electron chi connectivity index (χ3n) is 3.01. The molecule has 18 heavy (non-hydrogen) atoms. The van der Waals surface area contributed by atoms with Crippen LogP contribution in [0.3, 0.4) is 0 Å². The summed E-state index contributed by atoms with van der Waals surface area (Å²) in [5.41, 5.74) is 1.12. The van der Waals surface area contributed by atoms with Crippen LogP contribution in [0.1, 0.15) is 20.3 Å². The number of benzene rings is 1. The first-order valence-corrected chi connectivity index (χ1v) is 6.50. The Balaban J connectivity index is 2.14. The maximum Gasteiger partial charge on any atom is 0.189 e. The van der Waals surface area contributed by atoms with Crippen LogP contribution in [0.15, 0.2) is 41.3 Å². The maximum atomic E-state index is 11.7. The van der Waals surface area contributed by atoms with E-state index >= 15 is 0 Å². The molecule has 0 saturated carbocycles. The maximum absolute atomic E-state index is 11.7. The molecule has 3 heteroatoms. The molecule has 0 aliphatic rings. The van der Waals surface area contributed by atoms with Gasteiger partial charge in [-0.1, -0.05) is 26.0 Å². The Morgan fingerprint density at radius 2 is 2.00 bits per heavy atom. The predicted octanol–water partition coefficient (Wildman–Crippen LogP) is 2.39. The van der Waals surface area contributed by atoms with Crippen molar-refractivity contribution in [2.75, 3.05) is 6.54 Å². The number of fused-ring (bicyclic) bond motifs is 1. The lowest BCUT2D eigenvalue weighted by Gasteiger charge is -2.12. The molecule has 0 amide bonds. The molecule has 0 saturated heterocycles. The van der Waals surface area contributed by atoms with E-state index in [9.17, 15) is 4.79 Å². The van der Waals surface area contributed by atoms with Crippen molar-refractivity contribution in [2.45, 2.75) is 32.9 Å². The SMILES string of the molecule is CC(C)NCCCn1ccc(=O)c2ccccc21. The molecule has 1 N–H and O–H groups in total. The first kappa shape index (κ1) is 12.8. The van der Waals surface area contributed by atoms with Gasteiger partial charge >= 0.3 is 0 Å². The number of para-hydroxylation sites is 1. The van der Waals surface area contributed by atoms with Crippen molar-refractivity contribution in [1.82, 2.24) is 9.88 Å². The van der Waals surface area contributed by atoms with Crippen molar-refractivity contribution in [2.24, 2.45) is 0 Å². The van der Waals surface area contributed by atoms with Crippen molar-refractivity contribution in [3.8, 4) is 0 Å². The molecule has 0 aliphatic carbocycles. The molecule has 0 spiro atoms. The molecule has 0 fully saturated rings. The van der Waals surface area contributed by atoms with E-state index in [0.29, 0.717) is 6.04 Å². The van der Waals surface area contributed by atoms with Crippen LogP contribution < -0.4 is 10.7 Å². The van der Waals surface area contributed by atoms with Gasteiger partial charge < -0.3 is 9.88 Å². The standard InChI is InChI=1S/C15H20N2O/c1-12(2)16-9-5-10-17-11-8-15(18)13-6-3-4-7-14(13)17/h3-4,6-8,11-12,16H,5,9-10H2,1-2H3. The molecular weight excluding hydrogens is 224 g/mol. The Bertz CT molecular complexity index is 572. The predicted molar refractivity (Wildman–Crippen MR) is 76.0 cm³/mol. The van der Waals surface area contributed by atoms with E-state index in [1.54, 1.807) is 6.07 Å². The van der Waals surface area contributed by atoms with Crippen LogP contribution in [-0.2, 0) is 6.54 Å². The lowest BCUT2D eigenvalue weighted by atomic mass is 10.2. The van der Waals surface area contributed by atoms with Crippen LogP contribution in [0, 0.1) is 0 Å². The van der Waals surface area contributed by atoms with E-state index in [2.05, 4.69) is 23.7 Å². The Morgan fingerprint density at radius 3 is 2.78 bits per heavy atom. The van der Waals surface area contributed by atoms with E-state index in [-0.39, 0.29) is 5.43 Å². The highest BCUT2D eigenvalue weighted by atomic mass is 16.1. The van der Waals surface area contributed by atoms with E-state index in [0.717, 1.165) is 30.4 Å². The van der Waals surface area contributed by atoms with Crippen molar-refractivity contribution in [3.05, 3.63) is 46.8 Å². The average Bonchev–Trinajstić information content (AvgIpc) is 2.37. The van der Waals surface area contributed by atoms with E-state index in [1.807, 2.05) is 30.5 Å². The molecule has 1 heterocycles. The van der Waals surface area contributed by atoms with Crippen LogP contribution in [-0.4, -0.2) is 17.2 Å². The molecule has 0 unspecified atom stereocenters. The third kappa shape index (κ3) is 2.99. The zero-order chi connectivity index (χ0) is 13.0. The molecule has 3 nitrogen and oxygen atoms in total. The Hall–Kier alpha value is -1.61. The highest BCUT2D eigenvalue weighted by Crippen LogP contribution is 2.09. The van der Waals surface area contributed by atoms with Crippen molar-refractivity contribution in [3.63, 3.8) is 0 Å². The van der Waals surface area contributed by atoms with E-state index < -0.39 is 0 Å². The zero-order valence-corrected chi connectivity index (χ0v) is 11.0. The quantitative estimate of drug-likeness (QED) is 0.819. The Kier molecular flexibility index (Phi) is 4.15. The number of aromatic nitrogens is 1. The second kappa shape index (κ2) is 5.83. The molecule has 0 bridgehead atoms. The van der Waals surface area contributed by atoms with Gasteiger partial charge in [0.2, 0.25) is 0 Å². The van der Waals surface area contributed by atoms with E-state index in [4.69, 9.17) is 0 Å². The second-order valence-corrected chi connectivity index (χ2v) is 4.85. The number of rotatable bonds is 5. The molecule has 0 radical (unpaired) electrons. The first-order chi connectivity index (χ1) is 8.68. The summed E-state index contributed by atoms with van der Waals surface area (Å²) in [6, 6.07) is 9.96. The number of nitrogens with zero attached hydrogens (tertiary/aromatic N) is 1. The number of nitrogens with one attached hydrogen (secondary N) is 1. The average molecular weight is 244 g/mol. The minimum absolute atomic E-state index is 0.0992. The van der Waals surface area contributed by atoms with Gasteiger partial charge in [0.15, 0.2) is 5.43 Å². The van der Waals surface area contributed by atoms with Crippen molar-refractivity contribution >= 4 is 10.9 Å². The molecule has 1 aromatic heterocycles. The fraction of sp³-hybridized carbons (Fsp3) is 0.400. The highest BCUT2D eigenvalue weighted by Gasteiger charge is 2.01. The first-order valence-electron chi connectivity index (χ1n) is 6.50. The lowest BCUT2D eigenvalue weighted by molar-refractivity contribution is 0.540. The van der Waals surface area contributed by atoms with Gasteiger partial charge in [0.05, 0.1) is 5.52 Å². The van der Waals surface area contributed by atoms with Crippen LogP contribution in [0.2, 0.25) is 0 Å². The summed E-state index contributed by atoms with van der Waals surface area (Å²) in [6.45, 7) is 6.22. The summed E-state index contributed by atoms with van der Waals surface area (Å²) in [4.78, 5) is 11.7. The number of aryl methyl sites for hydroxylation is 1. The number of hydrogen-bond donors (Lipinski definition) is 1. The van der Waals surface area contributed by atoms with Gasteiger partial charge in [-0.05, 0) is 25.1 Å². The summed E-state index contributed by atoms with van der Waals surface area (Å²) in [5.74, 6) is 0. The number of hydrogen-bond acceptors (Lipinski definition) is 2. The molecular formula is C15H20N2O. The van der Waals surface area contributed by atoms with Crippen LogP contribution in [0.25, 0.3) is 10.9 Å². The lowest BCUT2D eigenvalue weighted by Crippen LogP contribution is -2.24. The summed E-state index contributed by atoms with van der Waals surface area (Å²) < 4.78 is 2.15. The van der Waals surface area contributed by atoms with Crippen LogP contribution in [0.5, 0.6) is 0 Å². The van der Waals surface area contributed by atoms with Gasteiger partial charge in [0.1, 0.15) is 0 Å². The topological polar surface area (TPSA) is 34.0 Å².